The fourth-order valence-corrected chi connectivity index (χ4v) is 9.29. The van der Waals surface area contributed by atoms with Crippen LogP contribution in [0, 0.1) is 0 Å². The number of carboxylic acid groups (broad SMARTS) is 1. The van der Waals surface area contributed by atoms with Gasteiger partial charge in [0.1, 0.15) is 18.8 Å². The number of carbonyl (C=O) groups excluding carboxylic acids is 3. The number of esters is 3. The molecule has 0 saturated carbocycles. The summed E-state index contributed by atoms with van der Waals surface area (Å²) in [5, 5.41) is 31.6. The molecule has 1 fully saturated rings. The van der Waals surface area contributed by atoms with Crippen molar-refractivity contribution < 1.29 is 58.2 Å². The molecule has 0 spiro atoms. The highest BCUT2D eigenvalue weighted by atomic mass is 16.7. The van der Waals surface area contributed by atoms with Gasteiger partial charge in [-0.2, -0.15) is 0 Å². The molecule has 0 bridgehead atoms. The van der Waals surface area contributed by atoms with E-state index in [1.54, 1.807) is 0 Å². The molecule has 1 aliphatic rings. The predicted octanol–water partition coefficient (Wildman–Crippen LogP) is 17.2. The molecule has 12 nitrogen and oxygen atoms in total. The highest BCUT2D eigenvalue weighted by Gasteiger charge is 2.50. The molecule has 1 aliphatic heterocycles. The number of rotatable bonds is 54. The minimum Gasteiger partial charge on any atom is -0.479 e. The summed E-state index contributed by atoms with van der Waals surface area (Å²) in [6.45, 7) is 5.77. The lowest BCUT2D eigenvalue weighted by atomic mass is 9.98. The molecule has 0 aromatic carbocycles. The molecule has 0 amide bonds. The minimum atomic E-state index is -1.91. The summed E-state index contributed by atoms with van der Waals surface area (Å²) in [5.74, 6) is -3.15. The van der Waals surface area contributed by atoms with E-state index in [0.29, 0.717) is 19.3 Å². The zero-order valence-corrected chi connectivity index (χ0v) is 51.0. The first-order valence-electron chi connectivity index (χ1n) is 32.2. The van der Waals surface area contributed by atoms with E-state index in [2.05, 4.69) is 118 Å². The second-order valence-electron chi connectivity index (χ2n) is 21.6. The van der Waals surface area contributed by atoms with Crippen molar-refractivity contribution in [2.45, 2.75) is 302 Å². The average Bonchev–Trinajstić information content (AvgIpc) is 3.45. The van der Waals surface area contributed by atoms with Gasteiger partial charge in [-0.15, -0.1) is 0 Å². The molecule has 6 unspecified atom stereocenters. The first-order chi connectivity index (χ1) is 39.6. The van der Waals surface area contributed by atoms with E-state index in [1.165, 1.54) is 57.8 Å². The summed E-state index contributed by atoms with van der Waals surface area (Å²) in [6.07, 6.45) is 62.1. The zero-order chi connectivity index (χ0) is 58.9. The van der Waals surface area contributed by atoms with Crippen LogP contribution in [0.3, 0.4) is 0 Å². The molecule has 3 N–H and O–H groups in total. The Morgan fingerprint density at radius 1 is 0.420 bits per heavy atom. The lowest BCUT2D eigenvalue weighted by molar-refractivity contribution is -0.301. The Morgan fingerprint density at radius 2 is 0.778 bits per heavy atom. The molecule has 0 aromatic heterocycles. The van der Waals surface area contributed by atoms with Gasteiger partial charge in [-0.1, -0.05) is 246 Å². The molecule has 1 saturated heterocycles. The highest BCUT2D eigenvalue weighted by molar-refractivity contribution is 5.74. The third-order valence-electron chi connectivity index (χ3n) is 14.2. The molecular weight excluding hydrogens is 1020 g/mol. The Hall–Kier alpha value is -4.36. The van der Waals surface area contributed by atoms with Crippen LogP contribution < -0.4 is 0 Å². The summed E-state index contributed by atoms with van der Waals surface area (Å²) in [6, 6.07) is 0. The number of hydrogen-bond acceptors (Lipinski definition) is 11. The number of ether oxygens (including phenoxy) is 5. The molecule has 0 radical (unpaired) electrons. The SMILES string of the molecule is CC/C=C\C/C=C\C/C=C\C/C=C\CCCCCCCCC(=O)OCC(COC1OC(C(=O)O)C(O)C(O)C1OC(=O)CCCCCCCC/C=C\C/C=C\C/C=C\C/C=C\CC)OC(=O)CCCCCCCCCCCCCCC. The van der Waals surface area contributed by atoms with Gasteiger partial charge in [-0.3, -0.25) is 14.4 Å². The van der Waals surface area contributed by atoms with Gasteiger partial charge in [0, 0.05) is 19.3 Å². The number of carboxylic acids is 1. The van der Waals surface area contributed by atoms with Crippen LogP contribution in [-0.4, -0.2) is 89.2 Å². The third kappa shape index (κ3) is 45.8. The molecule has 462 valence electrons. The first-order valence-corrected chi connectivity index (χ1v) is 32.2. The van der Waals surface area contributed by atoms with Crippen LogP contribution >= 0.6 is 0 Å². The fourth-order valence-electron chi connectivity index (χ4n) is 9.29. The van der Waals surface area contributed by atoms with Gasteiger partial charge in [0.25, 0.3) is 0 Å². The van der Waals surface area contributed by atoms with E-state index in [1.807, 2.05) is 0 Å². The van der Waals surface area contributed by atoms with Gasteiger partial charge in [0.2, 0.25) is 0 Å². The van der Waals surface area contributed by atoms with Crippen molar-refractivity contribution in [1.82, 2.24) is 0 Å². The molecule has 12 heteroatoms. The molecule has 0 aliphatic carbocycles. The van der Waals surface area contributed by atoms with Crippen molar-refractivity contribution in [1.29, 1.82) is 0 Å². The molecular formula is C69H114O12. The number of aliphatic carboxylic acids is 1. The summed E-state index contributed by atoms with van der Waals surface area (Å²) in [7, 11) is 0. The normalized spacial score (nSPS) is 18.4. The van der Waals surface area contributed by atoms with Gasteiger partial charge in [0.05, 0.1) is 6.61 Å². The van der Waals surface area contributed by atoms with E-state index in [-0.39, 0.29) is 25.9 Å². The number of hydrogen-bond donors (Lipinski definition) is 3. The Labute approximate surface area is 492 Å². The molecule has 6 atom stereocenters. The highest BCUT2D eigenvalue weighted by Crippen LogP contribution is 2.26. The lowest BCUT2D eigenvalue weighted by Crippen LogP contribution is -2.61. The largest absolute Gasteiger partial charge is 0.479 e. The summed E-state index contributed by atoms with van der Waals surface area (Å²) in [4.78, 5) is 51.3. The lowest BCUT2D eigenvalue weighted by Gasteiger charge is -2.40. The van der Waals surface area contributed by atoms with Crippen LogP contribution in [0.15, 0.2) is 97.2 Å². The quantitative estimate of drug-likeness (QED) is 0.0228. The number of aliphatic hydroxyl groups is 2. The van der Waals surface area contributed by atoms with Crippen molar-refractivity contribution in [3.05, 3.63) is 97.2 Å². The molecule has 0 aromatic rings. The van der Waals surface area contributed by atoms with E-state index in [9.17, 15) is 34.5 Å². The van der Waals surface area contributed by atoms with Gasteiger partial charge in [-0.05, 0) is 96.3 Å². The third-order valence-corrected chi connectivity index (χ3v) is 14.2. The van der Waals surface area contributed by atoms with Crippen LogP contribution in [0.1, 0.15) is 265 Å². The number of unbranched alkanes of at least 4 members (excludes halogenated alkanes) is 24. The minimum absolute atomic E-state index is 0.0401. The maximum Gasteiger partial charge on any atom is 0.335 e. The maximum atomic E-state index is 13.2. The van der Waals surface area contributed by atoms with Gasteiger partial charge < -0.3 is 39.0 Å². The average molecular weight is 1140 g/mol. The number of allylic oxidation sites excluding steroid dienone is 16. The summed E-state index contributed by atoms with van der Waals surface area (Å²) in [5.41, 5.74) is 0. The van der Waals surface area contributed by atoms with Crippen LogP contribution in [0.25, 0.3) is 0 Å². The van der Waals surface area contributed by atoms with Gasteiger partial charge in [0.15, 0.2) is 24.6 Å². The molecule has 81 heavy (non-hydrogen) atoms. The van der Waals surface area contributed by atoms with E-state index in [0.717, 1.165) is 148 Å². The Bertz CT molecular complexity index is 1780. The monoisotopic (exact) mass is 1130 g/mol. The number of aliphatic hydroxyl groups excluding tert-OH is 2. The zero-order valence-electron chi connectivity index (χ0n) is 51.0. The van der Waals surface area contributed by atoms with E-state index in [4.69, 9.17) is 23.7 Å². The molecule has 1 heterocycles. The maximum absolute atomic E-state index is 13.2. The standard InChI is InChI=1S/C69H114O12/c1-4-7-10-13-16-19-22-25-27-29-31-33-35-38-40-43-46-49-52-55-61(70)77-58-60(79-62(71)56-53-50-47-44-41-37-24-21-18-15-12-9-6-3)59-78-69-67(65(74)64(73)66(81-69)68(75)76)80-63(72)57-54-51-48-45-42-39-36-34-32-30-28-26-23-20-17-14-11-8-5-2/h7-8,10-11,16-17,19-20,25-28,31-34,60,64-67,69,73-74H,4-6,9,12-15,18,21-24,29-30,35-59H2,1-3H3,(H,75,76)/b10-7-,11-8-,19-16-,20-17-,27-25-,28-26-,33-31-,34-32-. The van der Waals surface area contributed by atoms with Crippen LogP contribution in [0.2, 0.25) is 0 Å². The predicted molar refractivity (Wildman–Crippen MR) is 331 cm³/mol. The summed E-state index contributed by atoms with van der Waals surface area (Å²) < 4.78 is 28.5. The smallest absolute Gasteiger partial charge is 0.335 e. The van der Waals surface area contributed by atoms with Crippen LogP contribution in [0.4, 0.5) is 0 Å². The van der Waals surface area contributed by atoms with E-state index >= 15 is 0 Å². The Morgan fingerprint density at radius 3 is 1.19 bits per heavy atom. The first kappa shape index (κ1) is 74.7. The van der Waals surface area contributed by atoms with Gasteiger partial charge >= 0.3 is 23.9 Å². The van der Waals surface area contributed by atoms with Crippen molar-refractivity contribution in [2.75, 3.05) is 13.2 Å². The van der Waals surface area contributed by atoms with Crippen LogP contribution in [-0.2, 0) is 42.9 Å². The fraction of sp³-hybridized carbons (Fsp3) is 0.710. The molecule has 1 rings (SSSR count). The summed E-state index contributed by atoms with van der Waals surface area (Å²) >= 11 is 0. The van der Waals surface area contributed by atoms with E-state index < -0.39 is 67.3 Å². The van der Waals surface area contributed by atoms with Gasteiger partial charge in [-0.25, -0.2) is 4.79 Å². The Kier molecular flexibility index (Phi) is 51.7. The van der Waals surface area contributed by atoms with Crippen molar-refractivity contribution >= 4 is 23.9 Å². The van der Waals surface area contributed by atoms with Crippen LogP contribution in [0.5, 0.6) is 0 Å². The van der Waals surface area contributed by atoms with Crippen molar-refractivity contribution in [3.8, 4) is 0 Å². The second-order valence-corrected chi connectivity index (χ2v) is 21.6. The number of carbonyl (C=O) groups is 4. The van der Waals surface area contributed by atoms with Crippen molar-refractivity contribution in [2.24, 2.45) is 0 Å². The Balaban J connectivity index is 2.66. The topological polar surface area (TPSA) is 175 Å². The second kappa shape index (κ2) is 56.1. The van der Waals surface area contributed by atoms with Crippen molar-refractivity contribution in [3.63, 3.8) is 0 Å².